The van der Waals surface area contributed by atoms with Crippen molar-refractivity contribution in [1.29, 1.82) is 0 Å². The average Bonchev–Trinajstić information content (AvgIpc) is 2.76. The Kier molecular flexibility index (Phi) is 5.37. The van der Waals surface area contributed by atoms with Crippen LogP contribution < -0.4 is 10.5 Å². The molecule has 4 rings (SSSR count). The van der Waals surface area contributed by atoms with Crippen molar-refractivity contribution in [1.82, 2.24) is 19.5 Å². The van der Waals surface area contributed by atoms with E-state index in [1.165, 1.54) is 17.0 Å². The molecule has 0 bridgehead atoms. The largest absolute Gasteiger partial charge is 0.366 e. The van der Waals surface area contributed by atoms with Gasteiger partial charge in [-0.3, -0.25) is 14.2 Å². The topological polar surface area (TPSA) is 90.2 Å². The normalized spacial score (nSPS) is 16.6. The summed E-state index contributed by atoms with van der Waals surface area (Å²) < 4.78 is 7.15. The summed E-state index contributed by atoms with van der Waals surface area (Å²) in [5.74, 6) is 0.253. The number of nitrogens with zero attached hydrogens (tertiary/aromatic N) is 5. The smallest absolute Gasteiger partial charge is 0.255 e. The lowest BCUT2D eigenvalue weighted by atomic mass is 10.0. The van der Waals surface area contributed by atoms with Gasteiger partial charge >= 0.3 is 0 Å². The molecule has 0 aliphatic carbocycles. The number of Topliss-reactive ketones (excluding diaryl/α,β-unsaturated/α-hetero) is 1. The quantitative estimate of drug-likeness (QED) is 0.606. The van der Waals surface area contributed by atoms with E-state index in [9.17, 15) is 9.59 Å². The van der Waals surface area contributed by atoms with E-state index >= 15 is 0 Å². The van der Waals surface area contributed by atoms with Gasteiger partial charge in [0.15, 0.2) is 5.78 Å². The highest BCUT2D eigenvalue weighted by Crippen LogP contribution is 2.22. The molecule has 0 radical (unpaired) electrons. The third-order valence-corrected chi connectivity index (χ3v) is 5.07. The zero-order chi connectivity index (χ0) is 20.4. The summed E-state index contributed by atoms with van der Waals surface area (Å²) in [5, 5.41) is 0.384. The predicted octanol–water partition coefficient (Wildman–Crippen LogP) is 1.98. The fourth-order valence-corrected chi connectivity index (χ4v) is 3.44. The maximum atomic E-state index is 12.9. The van der Waals surface area contributed by atoms with Gasteiger partial charge in [0.05, 0.1) is 29.6 Å². The number of morpholine rings is 1. The monoisotopic (exact) mass is 411 g/mol. The molecule has 2 aromatic heterocycles. The summed E-state index contributed by atoms with van der Waals surface area (Å²) in [6, 6.07) is 10.00. The third kappa shape index (κ3) is 3.90. The van der Waals surface area contributed by atoms with E-state index in [4.69, 9.17) is 16.3 Å². The summed E-state index contributed by atoms with van der Waals surface area (Å²) in [7, 11) is 1.65. The van der Waals surface area contributed by atoms with Gasteiger partial charge in [-0.1, -0.05) is 23.7 Å². The van der Waals surface area contributed by atoms with Gasteiger partial charge in [0.1, 0.15) is 12.4 Å². The lowest BCUT2D eigenvalue weighted by Crippen LogP contribution is -2.48. The number of carbonyl (C=O) groups excluding carboxylic acids is 1. The van der Waals surface area contributed by atoms with Crippen LogP contribution in [-0.4, -0.2) is 51.1 Å². The van der Waals surface area contributed by atoms with Crippen LogP contribution in [0.5, 0.6) is 0 Å². The van der Waals surface area contributed by atoms with E-state index in [0.717, 1.165) is 0 Å². The Balaban J connectivity index is 1.65. The van der Waals surface area contributed by atoms with Crippen molar-refractivity contribution in [3.63, 3.8) is 0 Å². The van der Waals surface area contributed by atoms with Gasteiger partial charge in [-0.15, -0.1) is 0 Å². The Bertz CT molecular complexity index is 1100. The minimum Gasteiger partial charge on any atom is -0.366 e. The molecule has 1 aromatic carbocycles. The van der Waals surface area contributed by atoms with E-state index in [-0.39, 0.29) is 17.9 Å². The van der Waals surface area contributed by atoms with Crippen molar-refractivity contribution < 1.29 is 9.53 Å². The fourth-order valence-electron chi connectivity index (χ4n) is 3.21. The molecule has 1 saturated heterocycles. The molecule has 1 fully saturated rings. The molecule has 0 amide bonds. The third-order valence-electron chi connectivity index (χ3n) is 4.74. The number of rotatable bonds is 4. The van der Waals surface area contributed by atoms with Crippen molar-refractivity contribution in [3.05, 3.63) is 69.9 Å². The first-order chi connectivity index (χ1) is 14.0. The van der Waals surface area contributed by atoms with Crippen molar-refractivity contribution in [2.24, 2.45) is 7.05 Å². The summed E-state index contributed by atoms with van der Waals surface area (Å²) in [6.07, 6.45) is 2.29. The Labute approximate surface area is 171 Å². The molecule has 1 unspecified atom stereocenters. The highest BCUT2D eigenvalue weighted by molar-refractivity contribution is 6.34. The molecule has 1 aliphatic heterocycles. The Morgan fingerprint density at radius 2 is 2.07 bits per heavy atom. The lowest BCUT2D eigenvalue weighted by molar-refractivity contribution is 0.0337. The van der Waals surface area contributed by atoms with Crippen molar-refractivity contribution in [2.75, 3.05) is 24.6 Å². The number of halogens is 1. The number of ether oxygens (including phenoxy) is 1. The Morgan fingerprint density at radius 1 is 1.24 bits per heavy atom. The van der Waals surface area contributed by atoms with Crippen LogP contribution in [-0.2, 0) is 11.8 Å². The molecule has 148 valence electrons. The van der Waals surface area contributed by atoms with E-state index < -0.39 is 6.10 Å². The molecule has 8 nitrogen and oxygen atoms in total. The number of ketones is 1. The van der Waals surface area contributed by atoms with Gasteiger partial charge in [-0.2, -0.15) is 0 Å². The van der Waals surface area contributed by atoms with Crippen molar-refractivity contribution in [3.8, 4) is 11.4 Å². The highest BCUT2D eigenvalue weighted by atomic mass is 35.5. The van der Waals surface area contributed by atoms with Crippen LogP contribution in [0.2, 0.25) is 5.02 Å². The molecule has 9 heteroatoms. The SMILES string of the molecule is Cn1c(N2CCOC(C(=O)c3ccccc3Cl)C2)nc(-c2ccncn2)cc1=O. The van der Waals surface area contributed by atoms with Gasteiger partial charge < -0.3 is 9.64 Å². The van der Waals surface area contributed by atoms with Crippen LogP contribution in [0, 0.1) is 0 Å². The number of aromatic nitrogens is 4. The number of hydrogen-bond donors (Lipinski definition) is 0. The minimum absolute atomic E-state index is 0.197. The summed E-state index contributed by atoms with van der Waals surface area (Å²) in [4.78, 5) is 39.9. The van der Waals surface area contributed by atoms with Gasteiger partial charge in [-0.05, 0) is 18.2 Å². The molecule has 0 saturated carbocycles. The molecular formula is C20H18ClN5O3. The Morgan fingerprint density at radius 3 is 2.83 bits per heavy atom. The fraction of sp³-hybridized carbons (Fsp3) is 0.250. The molecule has 1 aliphatic rings. The average molecular weight is 412 g/mol. The Hall–Kier alpha value is -3.10. The zero-order valence-electron chi connectivity index (χ0n) is 15.7. The maximum Gasteiger partial charge on any atom is 0.255 e. The van der Waals surface area contributed by atoms with Crippen LogP contribution in [0.4, 0.5) is 5.95 Å². The van der Waals surface area contributed by atoms with E-state index in [0.29, 0.717) is 41.1 Å². The number of anilines is 1. The molecular weight excluding hydrogens is 394 g/mol. The van der Waals surface area contributed by atoms with Crippen LogP contribution in [0.1, 0.15) is 10.4 Å². The molecule has 1 atom stereocenters. The van der Waals surface area contributed by atoms with E-state index in [1.807, 2.05) is 4.90 Å². The van der Waals surface area contributed by atoms with Crippen LogP contribution >= 0.6 is 11.6 Å². The summed E-state index contributed by atoms with van der Waals surface area (Å²) in [6.45, 7) is 1.09. The number of benzene rings is 1. The molecule has 0 spiro atoms. The lowest BCUT2D eigenvalue weighted by Gasteiger charge is -2.33. The second-order valence-corrected chi connectivity index (χ2v) is 6.99. The predicted molar refractivity (Wildman–Crippen MR) is 108 cm³/mol. The van der Waals surface area contributed by atoms with Gasteiger partial charge in [0.25, 0.3) is 5.56 Å². The van der Waals surface area contributed by atoms with E-state index in [2.05, 4.69) is 15.0 Å². The standard InChI is InChI=1S/C20H18ClN5O3/c1-25-18(27)10-16(15-6-7-22-12-23-15)24-20(25)26-8-9-29-17(11-26)19(28)13-4-2-3-5-14(13)21/h2-7,10,12,17H,8-9,11H2,1H3. The highest BCUT2D eigenvalue weighted by Gasteiger charge is 2.30. The van der Waals surface area contributed by atoms with E-state index in [1.54, 1.807) is 43.6 Å². The molecule has 0 N–H and O–H groups in total. The van der Waals surface area contributed by atoms with Crippen LogP contribution in [0.3, 0.4) is 0 Å². The number of hydrogen-bond acceptors (Lipinski definition) is 7. The first-order valence-electron chi connectivity index (χ1n) is 9.04. The summed E-state index contributed by atoms with van der Waals surface area (Å²) >= 11 is 6.17. The van der Waals surface area contributed by atoms with Crippen molar-refractivity contribution >= 4 is 23.3 Å². The molecule has 3 aromatic rings. The van der Waals surface area contributed by atoms with Gasteiger partial charge in [-0.25, -0.2) is 15.0 Å². The van der Waals surface area contributed by atoms with Gasteiger partial charge in [0.2, 0.25) is 5.95 Å². The van der Waals surface area contributed by atoms with Gasteiger partial charge in [0, 0.05) is 31.4 Å². The zero-order valence-corrected chi connectivity index (χ0v) is 16.4. The molecule has 29 heavy (non-hydrogen) atoms. The van der Waals surface area contributed by atoms with Crippen LogP contribution in [0.15, 0.2) is 53.7 Å². The first kappa shape index (κ1) is 19.2. The minimum atomic E-state index is -0.705. The van der Waals surface area contributed by atoms with Crippen LogP contribution in [0.25, 0.3) is 11.4 Å². The molecule has 3 heterocycles. The second kappa shape index (κ2) is 8.10. The van der Waals surface area contributed by atoms with Crippen molar-refractivity contribution in [2.45, 2.75) is 6.10 Å². The maximum absolute atomic E-state index is 12.9. The number of carbonyl (C=O) groups is 1. The summed E-state index contributed by atoms with van der Waals surface area (Å²) in [5.41, 5.74) is 1.20. The first-order valence-corrected chi connectivity index (χ1v) is 9.42. The second-order valence-electron chi connectivity index (χ2n) is 6.58.